The number of aryl methyl sites for hydroxylation is 1. The fraction of sp³-hybridized carbons (Fsp3) is 0.531. The Bertz CT molecular complexity index is 1500. The van der Waals surface area contributed by atoms with E-state index in [0.29, 0.717) is 31.9 Å². The maximum absolute atomic E-state index is 13.4. The fourth-order valence-electron chi connectivity index (χ4n) is 7.44. The van der Waals surface area contributed by atoms with Crippen LogP contribution in [0.1, 0.15) is 67.4 Å². The molecule has 2 aromatic carbocycles. The van der Waals surface area contributed by atoms with Crippen molar-refractivity contribution in [2.24, 2.45) is 11.8 Å². The number of carbonyl (C=O) groups excluding carboxylic acids is 1. The Morgan fingerprint density at radius 3 is 2.79 bits per heavy atom. The van der Waals surface area contributed by atoms with Crippen LogP contribution < -0.4 is 14.4 Å². The highest BCUT2D eigenvalue weighted by Crippen LogP contribution is 2.46. The second-order valence-corrected chi connectivity index (χ2v) is 14.5. The Morgan fingerprint density at radius 1 is 1.19 bits per heavy atom. The number of halogens is 1. The first-order valence-corrected chi connectivity index (χ1v) is 16.9. The number of amides is 1. The number of aliphatic hydroxyl groups is 1. The van der Waals surface area contributed by atoms with Gasteiger partial charge in [0.15, 0.2) is 0 Å². The van der Waals surface area contributed by atoms with Gasteiger partial charge in [0.2, 0.25) is 0 Å². The maximum Gasteiger partial charge on any atom is 0.304 e. The molecule has 2 aromatic rings. The van der Waals surface area contributed by atoms with Gasteiger partial charge in [-0.2, -0.15) is 12.7 Å². The summed E-state index contributed by atoms with van der Waals surface area (Å²) in [5.41, 5.74) is 3.28. The van der Waals surface area contributed by atoms with Gasteiger partial charge in [-0.3, -0.25) is 4.79 Å². The molecule has 0 aromatic heterocycles. The SMILES string of the molecule is CCN1[C@H](C)C/C=C/[C@H](O)[C@@H]2CC[C@H]2CN2C[C@@]3(CCCc4cc(Cl)ccc43)COc3ccc(cc32)C(=O)NS1(=O)=O. The van der Waals surface area contributed by atoms with Crippen LogP contribution in [0.5, 0.6) is 5.75 Å². The minimum atomic E-state index is -4.09. The van der Waals surface area contributed by atoms with Crippen LogP contribution in [0.15, 0.2) is 48.6 Å². The van der Waals surface area contributed by atoms with E-state index in [-0.39, 0.29) is 35.4 Å². The van der Waals surface area contributed by atoms with Gasteiger partial charge in [-0.25, -0.2) is 4.72 Å². The van der Waals surface area contributed by atoms with E-state index in [9.17, 15) is 18.3 Å². The lowest BCUT2D eigenvalue weighted by Crippen LogP contribution is -2.49. The Hall–Kier alpha value is -2.59. The summed E-state index contributed by atoms with van der Waals surface area (Å²) in [6.07, 6.45) is 8.43. The Morgan fingerprint density at radius 2 is 2.02 bits per heavy atom. The molecule has 8 nitrogen and oxygen atoms in total. The number of rotatable bonds is 1. The molecule has 2 aliphatic carbocycles. The molecule has 4 aliphatic rings. The summed E-state index contributed by atoms with van der Waals surface area (Å²) in [6, 6.07) is 11.0. The van der Waals surface area contributed by atoms with Crippen molar-refractivity contribution in [3.05, 3.63) is 70.3 Å². The topological polar surface area (TPSA) is 99.2 Å². The predicted molar refractivity (Wildman–Crippen MR) is 164 cm³/mol. The molecule has 10 heteroatoms. The molecule has 1 fully saturated rings. The molecule has 5 atom stereocenters. The zero-order valence-corrected chi connectivity index (χ0v) is 25.8. The quantitative estimate of drug-likeness (QED) is 0.447. The van der Waals surface area contributed by atoms with E-state index in [1.807, 2.05) is 25.1 Å². The second-order valence-electron chi connectivity index (χ2n) is 12.4. The van der Waals surface area contributed by atoms with E-state index >= 15 is 0 Å². The smallest absolute Gasteiger partial charge is 0.304 e. The van der Waals surface area contributed by atoms with Crippen molar-refractivity contribution in [2.75, 3.05) is 31.1 Å². The molecular weight excluding hydrogens is 574 g/mol. The summed E-state index contributed by atoms with van der Waals surface area (Å²) >= 11 is 6.38. The summed E-state index contributed by atoms with van der Waals surface area (Å²) in [7, 11) is -4.09. The third-order valence-electron chi connectivity index (χ3n) is 9.81. The first-order valence-electron chi connectivity index (χ1n) is 15.1. The van der Waals surface area contributed by atoms with E-state index < -0.39 is 22.2 Å². The second kappa shape index (κ2) is 11.5. The van der Waals surface area contributed by atoms with Gasteiger partial charge in [0.1, 0.15) is 5.75 Å². The van der Waals surface area contributed by atoms with Crippen molar-refractivity contribution in [2.45, 2.75) is 69.9 Å². The van der Waals surface area contributed by atoms with Crippen molar-refractivity contribution in [1.29, 1.82) is 0 Å². The average Bonchev–Trinajstić information content (AvgIpc) is 3.07. The number of fused-ring (bicyclic) bond motifs is 4. The van der Waals surface area contributed by atoms with Gasteiger partial charge < -0.3 is 14.7 Å². The van der Waals surface area contributed by atoms with Crippen LogP contribution in [0, 0.1) is 11.8 Å². The number of hydrogen-bond donors (Lipinski definition) is 2. The molecule has 1 saturated carbocycles. The number of nitrogens with one attached hydrogen (secondary N) is 1. The molecule has 1 amide bonds. The summed E-state index contributed by atoms with van der Waals surface area (Å²) in [6.45, 7) is 5.67. The molecule has 6 rings (SSSR count). The third-order valence-corrected chi connectivity index (χ3v) is 11.7. The molecule has 2 aliphatic heterocycles. The van der Waals surface area contributed by atoms with Crippen LogP contribution in [0.4, 0.5) is 5.69 Å². The first-order chi connectivity index (χ1) is 20.1. The van der Waals surface area contributed by atoms with E-state index in [1.54, 1.807) is 25.1 Å². The molecule has 0 saturated heterocycles. The van der Waals surface area contributed by atoms with E-state index in [1.165, 1.54) is 15.4 Å². The van der Waals surface area contributed by atoms with Gasteiger partial charge in [0.05, 0.1) is 18.4 Å². The average molecular weight is 614 g/mol. The standard InChI is InChI=1S/C32H40ClN3O5S/c1-3-36-21(2)6-4-8-29(37)26-12-9-24(26)18-35-19-32(15-5-7-22-16-25(33)11-13-27(22)32)20-41-30-14-10-23(17-28(30)35)31(38)34-42(36,39)40/h4,8,10-11,13-14,16-17,21,24,26,29,37H,3,5-7,9,12,15,18-20H2,1-2H3,(H,34,38)/b8-4+/t21-,24+,26-,29+,32+/m1/s1. The Labute approximate surface area is 253 Å². The lowest BCUT2D eigenvalue weighted by Gasteiger charge is -2.45. The first kappa shape index (κ1) is 29.5. The molecule has 2 bridgehead atoms. The monoisotopic (exact) mass is 613 g/mol. The lowest BCUT2D eigenvalue weighted by molar-refractivity contribution is 0.0455. The van der Waals surface area contributed by atoms with Crippen LogP contribution in [-0.2, 0) is 22.0 Å². The number of anilines is 1. The molecular formula is C32H40ClN3O5S. The molecule has 42 heavy (non-hydrogen) atoms. The minimum absolute atomic E-state index is 0.114. The minimum Gasteiger partial charge on any atom is -0.490 e. The Balaban J connectivity index is 1.42. The van der Waals surface area contributed by atoms with Crippen LogP contribution in [0.3, 0.4) is 0 Å². The summed E-state index contributed by atoms with van der Waals surface area (Å²) in [5, 5.41) is 11.9. The normalized spacial score (nSPS) is 32.0. The van der Waals surface area contributed by atoms with E-state index in [0.717, 1.165) is 42.8 Å². The van der Waals surface area contributed by atoms with Crippen molar-refractivity contribution in [1.82, 2.24) is 9.03 Å². The lowest BCUT2D eigenvalue weighted by atomic mass is 9.68. The number of nitrogens with zero attached hydrogens (tertiary/aromatic N) is 2. The van der Waals surface area contributed by atoms with Gasteiger partial charge >= 0.3 is 10.2 Å². The highest BCUT2D eigenvalue weighted by Gasteiger charge is 2.44. The van der Waals surface area contributed by atoms with Gasteiger partial charge in [-0.15, -0.1) is 0 Å². The summed E-state index contributed by atoms with van der Waals surface area (Å²) in [4.78, 5) is 15.7. The molecule has 1 spiro atoms. The third kappa shape index (κ3) is 5.45. The van der Waals surface area contributed by atoms with Crippen LogP contribution in [0.25, 0.3) is 0 Å². The van der Waals surface area contributed by atoms with Gasteiger partial charge in [0.25, 0.3) is 5.91 Å². The number of carbonyl (C=O) groups is 1. The van der Waals surface area contributed by atoms with Crippen LogP contribution in [0.2, 0.25) is 5.02 Å². The molecule has 226 valence electrons. The zero-order valence-electron chi connectivity index (χ0n) is 24.3. The van der Waals surface area contributed by atoms with Crippen molar-refractivity contribution < 1.29 is 23.1 Å². The van der Waals surface area contributed by atoms with Gasteiger partial charge in [-0.1, -0.05) is 36.7 Å². The molecule has 2 N–H and O–H groups in total. The van der Waals surface area contributed by atoms with Crippen molar-refractivity contribution >= 4 is 33.4 Å². The fourth-order valence-corrected chi connectivity index (χ4v) is 9.00. The van der Waals surface area contributed by atoms with Crippen LogP contribution in [-0.4, -0.2) is 62.1 Å². The summed E-state index contributed by atoms with van der Waals surface area (Å²) in [5.74, 6) is 0.396. The van der Waals surface area contributed by atoms with Gasteiger partial charge in [-0.05, 0) is 98.7 Å². The predicted octanol–water partition coefficient (Wildman–Crippen LogP) is 4.85. The van der Waals surface area contributed by atoms with E-state index in [4.69, 9.17) is 16.3 Å². The zero-order chi connectivity index (χ0) is 29.6. The molecule has 0 radical (unpaired) electrons. The molecule has 2 heterocycles. The number of benzene rings is 2. The molecule has 0 unspecified atom stereocenters. The highest BCUT2D eigenvalue weighted by molar-refractivity contribution is 7.87. The van der Waals surface area contributed by atoms with E-state index in [2.05, 4.69) is 21.8 Å². The summed E-state index contributed by atoms with van der Waals surface area (Å²) < 4.78 is 36.7. The van der Waals surface area contributed by atoms with Crippen molar-refractivity contribution in [3.63, 3.8) is 0 Å². The highest BCUT2D eigenvalue weighted by atomic mass is 35.5. The Kier molecular flexibility index (Phi) is 8.06. The van der Waals surface area contributed by atoms with Gasteiger partial charge in [0, 0.05) is 41.7 Å². The number of ether oxygens (including phenoxy) is 1. The van der Waals surface area contributed by atoms with Crippen molar-refractivity contribution in [3.8, 4) is 5.75 Å². The van der Waals surface area contributed by atoms with Crippen LogP contribution >= 0.6 is 11.6 Å². The number of hydrogen-bond acceptors (Lipinski definition) is 6. The number of aliphatic hydroxyl groups excluding tert-OH is 1. The largest absolute Gasteiger partial charge is 0.490 e. The maximum atomic E-state index is 13.4.